The molecule has 1 aliphatic rings. The monoisotopic (exact) mass is 428 g/mol. The van der Waals surface area contributed by atoms with Crippen molar-refractivity contribution in [3.63, 3.8) is 0 Å². The van der Waals surface area contributed by atoms with Crippen molar-refractivity contribution in [1.29, 1.82) is 0 Å². The fourth-order valence-electron chi connectivity index (χ4n) is 3.61. The number of anilines is 1. The highest BCUT2D eigenvalue weighted by atomic mass is 16.6. The lowest BCUT2D eigenvalue weighted by Gasteiger charge is -2.17. The van der Waals surface area contributed by atoms with Crippen LogP contribution in [-0.4, -0.2) is 74.7 Å². The zero-order valence-corrected chi connectivity index (χ0v) is 17.3. The van der Waals surface area contributed by atoms with Crippen LogP contribution in [0.3, 0.4) is 0 Å². The van der Waals surface area contributed by atoms with Gasteiger partial charge in [0, 0.05) is 13.6 Å². The van der Waals surface area contributed by atoms with Crippen LogP contribution >= 0.6 is 0 Å². The zero-order valence-electron chi connectivity index (χ0n) is 17.3. The molecular weight excluding hydrogens is 404 g/mol. The predicted octanol–water partition coefficient (Wildman–Crippen LogP) is 0.299. The summed E-state index contributed by atoms with van der Waals surface area (Å²) >= 11 is 0. The molecule has 1 amide bonds. The minimum atomic E-state index is -1.40. The normalized spacial score (nSPS) is 23.1. The number of nitrogens with one attached hydrogen (secondary N) is 2. The molecule has 11 heteroatoms. The molecule has 4 atom stereocenters. The van der Waals surface area contributed by atoms with Gasteiger partial charge in [0.05, 0.1) is 19.0 Å². The van der Waals surface area contributed by atoms with E-state index in [0.717, 1.165) is 0 Å². The summed E-state index contributed by atoms with van der Waals surface area (Å²) in [6, 6.07) is 7.32. The molecule has 11 nitrogen and oxygen atoms in total. The topological polar surface area (TPSA) is 144 Å². The van der Waals surface area contributed by atoms with Crippen LogP contribution < -0.4 is 15.4 Å². The summed E-state index contributed by atoms with van der Waals surface area (Å²) < 4.78 is 12.6. The average Bonchev–Trinajstić information content (AvgIpc) is 3.34. The average molecular weight is 428 g/mol. The Hall–Kier alpha value is -3.28. The first-order valence-electron chi connectivity index (χ1n) is 9.85. The van der Waals surface area contributed by atoms with Crippen LogP contribution in [0.25, 0.3) is 22.6 Å². The van der Waals surface area contributed by atoms with Gasteiger partial charge in [0.2, 0.25) is 0 Å². The van der Waals surface area contributed by atoms with Gasteiger partial charge in [0.1, 0.15) is 18.0 Å². The molecule has 0 aliphatic carbocycles. The summed E-state index contributed by atoms with van der Waals surface area (Å²) in [5.41, 5.74) is 1.49. The van der Waals surface area contributed by atoms with E-state index in [1.807, 2.05) is 18.2 Å². The first-order chi connectivity index (χ1) is 15.0. The number of aliphatic hydroxyl groups is 2. The number of likely N-dealkylation sites (N-methyl/N-ethyl adjacent to an activating group) is 1. The maximum atomic E-state index is 12.2. The number of methoxy groups -OCH3 is 1. The molecule has 2 aromatic heterocycles. The lowest BCUT2D eigenvalue weighted by Crippen LogP contribution is -2.42. The highest BCUT2D eigenvalue weighted by Gasteiger charge is 2.47. The van der Waals surface area contributed by atoms with Gasteiger partial charge in [-0.2, -0.15) is 0 Å². The Morgan fingerprint density at radius 1 is 1.26 bits per heavy atom. The third-order valence-corrected chi connectivity index (χ3v) is 5.13. The summed E-state index contributed by atoms with van der Waals surface area (Å²) in [4.78, 5) is 25.7. The first-order valence-corrected chi connectivity index (χ1v) is 9.85. The minimum absolute atomic E-state index is 0.369. The van der Waals surface area contributed by atoms with E-state index in [9.17, 15) is 15.0 Å². The Kier molecular flexibility index (Phi) is 5.72. The maximum absolute atomic E-state index is 12.2. The second kappa shape index (κ2) is 8.46. The van der Waals surface area contributed by atoms with E-state index in [1.54, 1.807) is 27.1 Å². The molecule has 1 aliphatic heterocycles. The van der Waals surface area contributed by atoms with Gasteiger partial charge in [-0.05, 0) is 19.1 Å². The van der Waals surface area contributed by atoms with E-state index in [-0.39, 0.29) is 0 Å². The molecular formula is C20H24N6O5. The minimum Gasteiger partial charge on any atom is -0.496 e. The van der Waals surface area contributed by atoms with Crippen LogP contribution in [0.15, 0.2) is 30.6 Å². The summed E-state index contributed by atoms with van der Waals surface area (Å²) in [5.74, 6) is 0.947. The van der Waals surface area contributed by atoms with E-state index < -0.39 is 30.4 Å². The molecule has 1 fully saturated rings. The Balaban J connectivity index is 1.80. The molecule has 3 heterocycles. The van der Waals surface area contributed by atoms with Gasteiger partial charge in [-0.15, -0.1) is 0 Å². The molecule has 164 valence electrons. The Bertz CT molecular complexity index is 1100. The van der Waals surface area contributed by atoms with Crippen LogP contribution in [0, 0.1) is 0 Å². The van der Waals surface area contributed by atoms with E-state index in [4.69, 9.17) is 9.47 Å². The molecule has 31 heavy (non-hydrogen) atoms. The van der Waals surface area contributed by atoms with Gasteiger partial charge in [-0.25, -0.2) is 15.0 Å². The molecule has 4 rings (SSSR count). The number of para-hydroxylation sites is 1. The van der Waals surface area contributed by atoms with Crippen molar-refractivity contribution in [2.45, 2.75) is 31.5 Å². The highest BCUT2D eigenvalue weighted by Crippen LogP contribution is 2.34. The van der Waals surface area contributed by atoms with Crippen LogP contribution in [0.2, 0.25) is 0 Å². The van der Waals surface area contributed by atoms with Crippen LogP contribution in [0.4, 0.5) is 5.82 Å². The molecule has 3 unspecified atom stereocenters. The third kappa shape index (κ3) is 3.56. The van der Waals surface area contributed by atoms with Gasteiger partial charge in [0.25, 0.3) is 5.91 Å². The molecule has 0 radical (unpaired) electrons. The molecule has 1 saturated heterocycles. The highest BCUT2D eigenvalue weighted by molar-refractivity contribution is 5.86. The number of aromatic nitrogens is 4. The second-order valence-corrected chi connectivity index (χ2v) is 6.99. The standard InChI is InChI=1S/C20H24N6O5/c1-4-22-19(29)15-13(27)14(28)20(31-15)26-9-23-12-17(21-2)24-16(25-18(12)26)10-7-5-6-8-11(10)30-3/h5-9,13-15,20,27-28H,4H2,1-3H3,(H,22,29)(H,21,24,25)/t13?,14?,15-,20?/m1/s1. The summed E-state index contributed by atoms with van der Waals surface area (Å²) in [5, 5.41) is 26.5. The number of carbonyl (C=O) groups excluding carboxylic acids is 1. The summed E-state index contributed by atoms with van der Waals surface area (Å²) in [6.45, 7) is 2.13. The van der Waals surface area contributed by atoms with Crippen molar-refractivity contribution < 1.29 is 24.5 Å². The molecule has 0 spiro atoms. The second-order valence-electron chi connectivity index (χ2n) is 6.99. The quantitative estimate of drug-likeness (QED) is 0.436. The number of aliphatic hydroxyl groups excluding tert-OH is 2. The van der Waals surface area contributed by atoms with E-state index >= 15 is 0 Å². The SMILES string of the molecule is CCNC(=O)[C@@H]1OC(n2cnc3c(NC)nc(-c4ccccc4OC)nc32)C(O)C1O. The van der Waals surface area contributed by atoms with Gasteiger partial charge >= 0.3 is 0 Å². The first kappa shape index (κ1) is 21.0. The van der Waals surface area contributed by atoms with E-state index in [2.05, 4.69) is 25.6 Å². The Morgan fingerprint density at radius 2 is 2.03 bits per heavy atom. The Morgan fingerprint density at radius 3 is 2.74 bits per heavy atom. The number of fused-ring (bicyclic) bond motifs is 1. The zero-order chi connectivity index (χ0) is 22.1. The van der Waals surface area contributed by atoms with Crippen molar-refractivity contribution in [2.24, 2.45) is 0 Å². The van der Waals surface area contributed by atoms with Gasteiger partial charge in [-0.3, -0.25) is 9.36 Å². The Labute approximate surface area is 178 Å². The van der Waals surface area contributed by atoms with Crippen LogP contribution in [0.5, 0.6) is 5.75 Å². The fourth-order valence-corrected chi connectivity index (χ4v) is 3.61. The molecule has 0 bridgehead atoms. The fraction of sp³-hybridized carbons (Fsp3) is 0.400. The van der Waals surface area contributed by atoms with E-state index in [1.165, 1.54) is 10.9 Å². The lowest BCUT2D eigenvalue weighted by molar-refractivity contribution is -0.137. The van der Waals surface area contributed by atoms with Crippen molar-refractivity contribution in [2.75, 3.05) is 26.0 Å². The lowest BCUT2D eigenvalue weighted by atomic mass is 10.1. The number of imidazole rings is 1. The number of nitrogens with zero attached hydrogens (tertiary/aromatic N) is 4. The van der Waals surface area contributed by atoms with Gasteiger partial charge < -0.3 is 30.3 Å². The van der Waals surface area contributed by atoms with Crippen molar-refractivity contribution in [3.05, 3.63) is 30.6 Å². The number of ether oxygens (including phenoxy) is 2. The van der Waals surface area contributed by atoms with Crippen molar-refractivity contribution in [3.8, 4) is 17.1 Å². The summed E-state index contributed by atoms with van der Waals surface area (Å²) in [7, 11) is 3.27. The molecule has 0 saturated carbocycles. The van der Waals surface area contributed by atoms with E-state index in [0.29, 0.717) is 40.7 Å². The third-order valence-electron chi connectivity index (χ3n) is 5.13. The molecule has 1 aromatic carbocycles. The number of hydrogen-bond donors (Lipinski definition) is 4. The molecule has 3 aromatic rings. The van der Waals surface area contributed by atoms with Crippen molar-refractivity contribution in [1.82, 2.24) is 24.8 Å². The van der Waals surface area contributed by atoms with Gasteiger partial charge in [0.15, 0.2) is 35.1 Å². The van der Waals surface area contributed by atoms with Gasteiger partial charge in [-0.1, -0.05) is 12.1 Å². The maximum Gasteiger partial charge on any atom is 0.252 e. The number of amides is 1. The predicted molar refractivity (Wildman–Crippen MR) is 111 cm³/mol. The van der Waals surface area contributed by atoms with Crippen LogP contribution in [-0.2, 0) is 9.53 Å². The van der Waals surface area contributed by atoms with Crippen LogP contribution in [0.1, 0.15) is 13.2 Å². The largest absolute Gasteiger partial charge is 0.496 e. The number of benzene rings is 1. The van der Waals surface area contributed by atoms with Crippen molar-refractivity contribution >= 4 is 22.9 Å². The number of carbonyl (C=O) groups is 1. The number of rotatable bonds is 6. The smallest absolute Gasteiger partial charge is 0.252 e. The number of hydrogen-bond acceptors (Lipinski definition) is 9. The molecule has 4 N–H and O–H groups in total. The summed E-state index contributed by atoms with van der Waals surface area (Å²) in [6.07, 6.45) is -3.58.